The minimum atomic E-state index is -1.05. The molecule has 1 saturated carbocycles. The Morgan fingerprint density at radius 1 is 1.26 bits per heavy atom. The molecule has 4 aliphatic rings. The number of benzene rings is 1. The van der Waals surface area contributed by atoms with Crippen molar-refractivity contribution in [1.29, 1.82) is 0 Å². The van der Waals surface area contributed by atoms with Crippen molar-refractivity contribution in [3.8, 4) is 11.5 Å². The maximum absolute atomic E-state index is 13.1. The first kappa shape index (κ1) is 23.6. The van der Waals surface area contributed by atoms with Gasteiger partial charge in [-0.15, -0.1) is 6.58 Å². The van der Waals surface area contributed by atoms with Crippen molar-refractivity contribution < 1.29 is 24.2 Å². The highest BCUT2D eigenvalue weighted by atomic mass is 16.6. The highest BCUT2D eigenvalue weighted by Crippen LogP contribution is 2.64. The zero-order valence-corrected chi connectivity index (χ0v) is 20.3. The van der Waals surface area contributed by atoms with Gasteiger partial charge in [-0.05, 0) is 37.3 Å². The molecule has 2 aliphatic heterocycles. The lowest BCUT2D eigenvalue weighted by atomic mass is 9.49. The highest BCUT2D eigenvalue weighted by Gasteiger charge is 2.73. The summed E-state index contributed by atoms with van der Waals surface area (Å²) in [4.78, 5) is 28.0. The van der Waals surface area contributed by atoms with Crippen LogP contribution in [0.25, 0.3) is 0 Å². The molecule has 2 bridgehead atoms. The summed E-state index contributed by atoms with van der Waals surface area (Å²) in [6.07, 6.45) is 10.2. The summed E-state index contributed by atoms with van der Waals surface area (Å²) in [5.74, 6) is 0.663. The fourth-order valence-electron chi connectivity index (χ4n) is 7.09. The molecule has 1 spiro atoms. The van der Waals surface area contributed by atoms with E-state index in [-0.39, 0.29) is 17.8 Å². The molecule has 6 heteroatoms. The van der Waals surface area contributed by atoms with Gasteiger partial charge in [0.15, 0.2) is 23.4 Å². The molecule has 0 amide bonds. The quantitative estimate of drug-likeness (QED) is 0.240. The predicted molar refractivity (Wildman–Crippen MR) is 129 cm³/mol. The van der Waals surface area contributed by atoms with Gasteiger partial charge in [-0.1, -0.05) is 51.2 Å². The Bertz CT molecular complexity index is 989. The Balaban J connectivity index is 1.42. The first-order valence-electron chi connectivity index (χ1n) is 13.1. The number of esters is 1. The predicted octanol–water partition coefficient (Wildman–Crippen LogP) is 4.25. The van der Waals surface area contributed by atoms with Crippen molar-refractivity contribution in [2.75, 3.05) is 13.1 Å². The largest absolute Gasteiger partial charge is 0.477 e. The van der Waals surface area contributed by atoms with E-state index in [9.17, 15) is 14.7 Å². The van der Waals surface area contributed by atoms with Crippen LogP contribution >= 0.6 is 0 Å². The number of unbranched alkanes of at least 4 members (excludes halogenated alkanes) is 5. The molecular weight excluding hydrogens is 430 g/mol. The monoisotopic (exact) mass is 467 g/mol. The Morgan fingerprint density at radius 2 is 2.06 bits per heavy atom. The fraction of sp³-hybridized carbons (Fsp3) is 0.643. The van der Waals surface area contributed by atoms with Gasteiger partial charge in [-0.25, -0.2) is 0 Å². The third-order valence-electron chi connectivity index (χ3n) is 8.68. The van der Waals surface area contributed by atoms with E-state index in [4.69, 9.17) is 9.47 Å². The number of nitrogens with zero attached hydrogens (tertiary/aromatic N) is 1. The number of ether oxygens (including phenoxy) is 2. The first-order valence-corrected chi connectivity index (χ1v) is 13.1. The van der Waals surface area contributed by atoms with E-state index >= 15 is 0 Å². The van der Waals surface area contributed by atoms with Gasteiger partial charge in [-0.3, -0.25) is 14.5 Å². The smallest absolute Gasteiger partial charge is 0.311 e. The number of rotatable bonds is 10. The highest BCUT2D eigenvalue weighted by molar-refractivity contribution is 5.90. The van der Waals surface area contributed by atoms with Gasteiger partial charge in [0.2, 0.25) is 0 Å². The Morgan fingerprint density at radius 3 is 2.85 bits per heavy atom. The van der Waals surface area contributed by atoms with Crippen molar-refractivity contribution in [3.05, 3.63) is 35.9 Å². The molecular formula is C28H37NO5. The maximum Gasteiger partial charge on any atom is 0.311 e. The van der Waals surface area contributed by atoms with Crippen LogP contribution in [0.1, 0.15) is 82.3 Å². The molecule has 0 radical (unpaired) electrons. The summed E-state index contributed by atoms with van der Waals surface area (Å²) in [6.45, 7) is 7.57. The van der Waals surface area contributed by atoms with Crippen LogP contribution in [0, 0.1) is 0 Å². The lowest BCUT2D eigenvalue weighted by Gasteiger charge is -2.62. The number of likely N-dealkylation sites (tertiary alicyclic amines) is 1. The van der Waals surface area contributed by atoms with E-state index in [1.807, 2.05) is 18.2 Å². The van der Waals surface area contributed by atoms with Crippen LogP contribution in [0.15, 0.2) is 24.8 Å². The molecule has 4 atom stereocenters. The summed E-state index contributed by atoms with van der Waals surface area (Å²) in [5, 5.41) is 12.2. The van der Waals surface area contributed by atoms with Crippen molar-refractivity contribution in [3.63, 3.8) is 0 Å². The second-order valence-electron chi connectivity index (χ2n) is 10.5. The summed E-state index contributed by atoms with van der Waals surface area (Å²) >= 11 is 0. The molecule has 0 aromatic heterocycles. The summed E-state index contributed by atoms with van der Waals surface area (Å²) in [7, 11) is 0. The maximum atomic E-state index is 13.1. The molecule has 1 aromatic carbocycles. The van der Waals surface area contributed by atoms with Crippen LogP contribution in [0.2, 0.25) is 0 Å². The standard InChI is InChI=1S/C28H37NO5/c1-3-5-6-7-8-9-10-23(31)33-21-12-11-19-18-22-28(32)14-13-20(30)26-27(28,24(19)25(21)34-26)15-17-29(22)16-4-2/h4,11-12,22,26,32H,2-3,5-10,13-18H2,1H3/t22-,26+,27+,28-/m1/s1. The number of carbonyl (C=O) groups is 2. The van der Waals surface area contributed by atoms with Crippen molar-refractivity contribution in [2.45, 2.75) is 101 Å². The molecule has 0 unspecified atom stereocenters. The molecule has 1 N–H and O–H groups in total. The molecule has 2 heterocycles. The van der Waals surface area contributed by atoms with Gasteiger partial charge in [0, 0.05) is 37.5 Å². The van der Waals surface area contributed by atoms with Crippen molar-refractivity contribution >= 4 is 11.8 Å². The van der Waals surface area contributed by atoms with Crippen LogP contribution in [0.3, 0.4) is 0 Å². The molecule has 2 fully saturated rings. The van der Waals surface area contributed by atoms with E-state index in [0.717, 1.165) is 36.9 Å². The summed E-state index contributed by atoms with van der Waals surface area (Å²) < 4.78 is 12.1. The van der Waals surface area contributed by atoms with Crippen molar-refractivity contribution in [1.82, 2.24) is 4.90 Å². The van der Waals surface area contributed by atoms with Gasteiger partial charge in [-0.2, -0.15) is 0 Å². The third kappa shape index (κ3) is 3.44. The fourth-order valence-corrected chi connectivity index (χ4v) is 7.09. The summed E-state index contributed by atoms with van der Waals surface area (Å²) in [6, 6.07) is 3.73. The number of hydrogen-bond donors (Lipinski definition) is 1. The van der Waals surface area contributed by atoms with Crippen LogP contribution in [-0.2, 0) is 21.4 Å². The number of Topliss-reactive ketones (excluding diaryl/α,β-unsaturated/α-hetero) is 1. The normalized spacial score (nSPS) is 31.1. The van der Waals surface area contributed by atoms with Gasteiger partial charge in [0.05, 0.1) is 11.0 Å². The lowest BCUT2D eigenvalue weighted by Crippen LogP contribution is -2.76. The number of ketones is 1. The number of carbonyl (C=O) groups excluding carboxylic acids is 2. The third-order valence-corrected chi connectivity index (χ3v) is 8.68. The van der Waals surface area contributed by atoms with Gasteiger partial charge in [0.25, 0.3) is 0 Å². The second-order valence-corrected chi connectivity index (χ2v) is 10.5. The molecule has 1 saturated heterocycles. The zero-order valence-electron chi connectivity index (χ0n) is 20.3. The van der Waals surface area contributed by atoms with E-state index in [1.54, 1.807) is 0 Å². The SMILES string of the molecule is C=CCN1CC[C@]23c4c5ccc(OC(=O)CCCCCCCC)c4O[C@H]2C(=O)CC[C@@]3(O)[C@H]1C5. The van der Waals surface area contributed by atoms with E-state index < -0.39 is 17.1 Å². The van der Waals surface area contributed by atoms with E-state index in [1.165, 1.54) is 19.3 Å². The van der Waals surface area contributed by atoms with Gasteiger partial charge >= 0.3 is 5.97 Å². The van der Waals surface area contributed by atoms with Crippen LogP contribution in [0.4, 0.5) is 0 Å². The molecule has 1 aromatic rings. The van der Waals surface area contributed by atoms with Crippen LogP contribution < -0.4 is 9.47 Å². The van der Waals surface area contributed by atoms with Gasteiger partial charge < -0.3 is 14.6 Å². The van der Waals surface area contributed by atoms with Crippen molar-refractivity contribution in [2.24, 2.45) is 0 Å². The molecule has 184 valence electrons. The lowest BCUT2D eigenvalue weighted by molar-refractivity contribution is -0.187. The zero-order chi connectivity index (χ0) is 23.9. The molecule has 5 rings (SSSR count). The average Bonchev–Trinajstić information content (AvgIpc) is 3.18. The molecule has 34 heavy (non-hydrogen) atoms. The Kier molecular flexibility index (Phi) is 6.32. The average molecular weight is 468 g/mol. The van der Waals surface area contributed by atoms with Crippen LogP contribution in [0.5, 0.6) is 11.5 Å². The Hall–Kier alpha value is -2.18. The van der Waals surface area contributed by atoms with E-state index in [0.29, 0.717) is 50.1 Å². The molecule has 6 nitrogen and oxygen atoms in total. The van der Waals surface area contributed by atoms with Crippen LogP contribution in [-0.4, -0.2) is 52.6 Å². The minimum absolute atomic E-state index is 0.0361. The number of piperidine rings is 1. The Labute approximate surface area is 202 Å². The first-order chi connectivity index (χ1) is 16.5. The summed E-state index contributed by atoms with van der Waals surface area (Å²) in [5.41, 5.74) is 0.181. The minimum Gasteiger partial charge on any atom is -0.477 e. The van der Waals surface area contributed by atoms with E-state index in [2.05, 4.69) is 18.4 Å². The topological polar surface area (TPSA) is 76.1 Å². The number of hydrogen-bond acceptors (Lipinski definition) is 6. The van der Waals surface area contributed by atoms with Gasteiger partial charge in [0.1, 0.15) is 0 Å². The second kappa shape index (κ2) is 9.12. The molecule has 2 aliphatic carbocycles. The number of aliphatic hydroxyl groups is 1.